The van der Waals surface area contributed by atoms with Crippen LogP contribution in [0.5, 0.6) is 0 Å². The number of anilines is 1. The Bertz CT molecular complexity index is 903. The fourth-order valence-electron chi connectivity index (χ4n) is 3.27. The molecule has 0 saturated carbocycles. The lowest BCUT2D eigenvalue weighted by atomic mass is 10.1. The van der Waals surface area contributed by atoms with Gasteiger partial charge in [0, 0.05) is 25.7 Å². The highest BCUT2D eigenvalue weighted by Gasteiger charge is 2.25. The van der Waals surface area contributed by atoms with Gasteiger partial charge in [0.1, 0.15) is 0 Å². The van der Waals surface area contributed by atoms with Crippen molar-refractivity contribution in [1.29, 1.82) is 0 Å². The third kappa shape index (κ3) is 3.60. The van der Waals surface area contributed by atoms with E-state index in [4.69, 9.17) is 0 Å². The van der Waals surface area contributed by atoms with Crippen LogP contribution < -0.4 is 4.31 Å². The Kier molecular flexibility index (Phi) is 5.32. The molecule has 0 spiro atoms. The average Bonchev–Trinajstić information content (AvgIpc) is 2.68. The Labute approximate surface area is 155 Å². The van der Waals surface area contributed by atoms with Crippen LogP contribution in [0.25, 0.3) is 0 Å². The molecule has 3 rings (SSSR count). The molecule has 0 atom stereocenters. The monoisotopic (exact) mass is 372 g/mol. The largest absolute Gasteiger partial charge is 0.339 e. The predicted octanol–water partition coefficient (Wildman–Crippen LogP) is 3.45. The van der Waals surface area contributed by atoms with Crippen molar-refractivity contribution in [3.63, 3.8) is 0 Å². The molecule has 6 heteroatoms. The molecule has 5 nitrogen and oxygen atoms in total. The Morgan fingerprint density at radius 3 is 2.38 bits per heavy atom. The number of piperidine rings is 1. The maximum Gasteiger partial charge on any atom is 0.264 e. The van der Waals surface area contributed by atoms with E-state index in [-0.39, 0.29) is 10.8 Å². The lowest BCUT2D eigenvalue weighted by Crippen LogP contribution is -2.35. The second-order valence-electron chi connectivity index (χ2n) is 6.64. The van der Waals surface area contributed by atoms with E-state index >= 15 is 0 Å². The van der Waals surface area contributed by atoms with Gasteiger partial charge in [-0.1, -0.05) is 24.3 Å². The summed E-state index contributed by atoms with van der Waals surface area (Å²) in [5.41, 5.74) is 1.92. The number of likely N-dealkylation sites (tertiary alicyclic amines) is 1. The topological polar surface area (TPSA) is 57.7 Å². The highest BCUT2D eigenvalue weighted by atomic mass is 32.2. The second-order valence-corrected chi connectivity index (χ2v) is 8.61. The van der Waals surface area contributed by atoms with E-state index < -0.39 is 10.0 Å². The summed E-state index contributed by atoms with van der Waals surface area (Å²) in [5, 5.41) is 0. The molecule has 1 heterocycles. The molecule has 2 aromatic rings. The van der Waals surface area contributed by atoms with Crippen LogP contribution in [0.1, 0.15) is 35.2 Å². The Morgan fingerprint density at radius 2 is 1.69 bits per heavy atom. The van der Waals surface area contributed by atoms with Gasteiger partial charge in [-0.05, 0) is 56.0 Å². The lowest BCUT2D eigenvalue weighted by Gasteiger charge is -2.27. The second kappa shape index (κ2) is 7.50. The number of carbonyl (C=O) groups excluding carboxylic acids is 1. The van der Waals surface area contributed by atoms with Gasteiger partial charge < -0.3 is 4.90 Å². The summed E-state index contributed by atoms with van der Waals surface area (Å²) in [4.78, 5) is 14.6. The molecular weight excluding hydrogens is 348 g/mol. The van der Waals surface area contributed by atoms with Gasteiger partial charge in [0.25, 0.3) is 15.9 Å². The number of hydrogen-bond acceptors (Lipinski definition) is 3. The smallest absolute Gasteiger partial charge is 0.264 e. The van der Waals surface area contributed by atoms with Gasteiger partial charge in [0.2, 0.25) is 0 Å². The standard InChI is InChI=1S/C20H24N2O3S/c1-16-9-4-5-12-19(16)21(2)26(24,25)18-11-8-10-17(15-18)20(23)22-13-6-3-7-14-22/h4-5,8-12,15H,3,6-7,13-14H2,1-2H3. The zero-order chi connectivity index (χ0) is 18.7. The number of carbonyl (C=O) groups is 1. The summed E-state index contributed by atoms with van der Waals surface area (Å²) in [6.07, 6.45) is 3.14. The summed E-state index contributed by atoms with van der Waals surface area (Å²) >= 11 is 0. The van der Waals surface area contributed by atoms with Gasteiger partial charge in [-0.25, -0.2) is 8.42 Å². The van der Waals surface area contributed by atoms with E-state index in [1.54, 1.807) is 23.1 Å². The van der Waals surface area contributed by atoms with Gasteiger partial charge in [0.05, 0.1) is 10.6 Å². The molecule has 1 aliphatic rings. The summed E-state index contributed by atoms with van der Waals surface area (Å²) < 4.78 is 27.3. The van der Waals surface area contributed by atoms with Gasteiger partial charge in [-0.2, -0.15) is 0 Å². The van der Waals surface area contributed by atoms with Crippen molar-refractivity contribution in [1.82, 2.24) is 4.90 Å². The first-order chi connectivity index (χ1) is 12.4. The van der Waals surface area contributed by atoms with Crippen molar-refractivity contribution < 1.29 is 13.2 Å². The zero-order valence-electron chi connectivity index (χ0n) is 15.2. The number of para-hydroxylation sites is 1. The minimum absolute atomic E-state index is 0.0969. The van der Waals surface area contributed by atoms with Gasteiger partial charge in [-0.15, -0.1) is 0 Å². The van der Waals surface area contributed by atoms with Crippen LogP contribution in [-0.2, 0) is 10.0 Å². The number of aryl methyl sites for hydroxylation is 1. The van der Waals surface area contributed by atoms with Crippen molar-refractivity contribution in [3.05, 3.63) is 59.7 Å². The summed E-state index contributed by atoms with van der Waals surface area (Å²) in [5.74, 6) is -0.0969. The maximum atomic E-state index is 13.0. The molecular formula is C20H24N2O3S. The minimum Gasteiger partial charge on any atom is -0.339 e. The van der Waals surface area contributed by atoms with Gasteiger partial charge in [0.15, 0.2) is 0 Å². The van der Waals surface area contributed by atoms with Gasteiger partial charge >= 0.3 is 0 Å². The summed E-state index contributed by atoms with van der Waals surface area (Å²) in [7, 11) is -2.20. The Morgan fingerprint density at radius 1 is 1.00 bits per heavy atom. The molecule has 26 heavy (non-hydrogen) atoms. The van der Waals surface area contributed by atoms with E-state index in [0.29, 0.717) is 11.3 Å². The molecule has 0 aliphatic carbocycles. The lowest BCUT2D eigenvalue weighted by molar-refractivity contribution is 0.0724. The minimum atomic E-state index is -3.74. The van der Waals surface area contributed by atoms with Crippen LogP contribution in [-0.4, -0.2) is 39.4 Å². The highest BCUT2D eigenvalue weighted by molar-refractivity contribution is 7.92. The van der Waals surface area contributed by atoms with Crippen LogP contribution >= 0.6 is 0 Å². The number of rotatable bonds is 4. The van der Waals surface area contributed by atoms with Crippen LogP contribution in [0.2, 0.25) is 0 Å². The summed E-state index contributed by atoms with van der Waals surface area (Å²) in [6, 6.07) is 13.7. The Hall–Kier alpha value is -2.34. The SMILES string of the molecule is Cc1ccccc1N(C)S(=O)(=O)c1cccc(C(=O)N2CCCCC2)c1. The number of hydrogen-bond donors (Lipinski definition) is 0. The van der Waals surface area contributed by atoms with Crippen molar-refractivity contribution in [2.75, 3.05) is 24.4 Å². The third-order valence-electron chi connectivity index (χ3n) is 4.84. The van der Waals surface area contributed by atoms with Crippen molar-refractivity contribution in [2.24, 2.45) is 0 Å². The quantitative estimate of drug-likeness (QED) is 0.826. The van der Waals surface area contributed by atoms with Crippen LogP contribution in [0, 0.1) is 6.92 Å². The zero-order valence-corrected chi connectivity index (χ0v) is 16.0. The first kappa shape index (κ1) is 18.5. The van der Waals surface area contributed by atoms with Crippen molar-refractivity contribution in [2.45, 2.75) is 31.1 Å². The first-order valence-corrected chi connectivity index (χ1v) is 10.3. The number of nitrogens with zero attached hydrogens (tertiary/aromatic N) is 2. The van der Waals surface area contributed by atoms with Crippen LogP contribution in [0.15, 0.2) is 53.4 Å². The molecule has 138 valence electrons. The summed E-state index contributed by atoms with van der Waals surface area (Å²) in [6.45, 7) is 3.34. The fraction of sp³-hybridized carbons (Fsp3) is 0.350. The van der Waals surface area contributed by atoms with E-state index in [1.807, 2.05) is 25.1 Å². The molecule has 1 aliphatic heterocycles. The van der Waals surface area contributed by atoms with E-state index in [1.165, 1.54) is 23.5 Å². The van der Waals surface area contributed by atoms with Gasteiger partial charge in [-0.3, -0.25) is 9.10 Å². The van der Waals surface area contributed by atoms with Crippen LogP contribution in [0.4, 0.5) is 5.69 Å². The number of amides is 1. The highest BCUT2D eigenvalue weighted by Crippen LogP contribution is 2.26. The first-order valence-electron chi connectivity index (χ1n) is 8.85. The normalized spacial score (nSPS) is 14.9. The van der Waals surface area contributed by atoms with E-state index in [0.717, 1.165) is 37.9 Å². The molecule has 1 fully saturated rings. The predicted molar refractivity (Wildman–Crippen MR) is 103 cm³/mol. The van der Waals surface area contributed by atoms with Crippen molar-refractivity contribution in [3.8, 4) is 0 Å². The number of benzene rings is 2. The Balaban J connectivity index is 1.91. The van der Waals surface area contributed by atoms with E-state index in [2.05, 4.69) is 0 Å². The molecule has 1 amide bonds. The molecule has 0 bridgehead atoms. The maximum absolute atomic E-state index is 13.0. The molecule has 2 aromatic carbocycles. The third-order valence-corrected chi connectivity index (χ3v) is 6.60. The molecule has 0 aromatic heterocycles. The molecule has 1 saturated heterocycles. The van der Waals surface area contributed by atoms with Crippen molar-refractivity contribution >= 4 is 21.6 Å². The number of sulfonamides is 1. The molecule has 0 unspecified atom stereocenters. The van der Waals surface area contributed by atoms with E-state index in [9.17, 15) is 13.2 Å². The average molecular weight is 372 g/mol. The fourth-order valence-corrected chi connectivity index (χ4v) is 4.58. The molecule has 0 N–H and O–H groups in total. The molecule has 0 radical (unpaired) electrons. The van der Waals surface area contributed by atoms with Crippen LogP contribution in [0.3, 0.4) is 0 Å².